The molecule has 0 saturated carbocycles. The van der Waals surface area contributed by atoms with Gasteiger partial charge in [-0.25, -0.2) is 0 Å². The lowest BCUT2D eigenvalue weighted by molar-refractivity contribution is 0.620. The molecule has 0 heterocycles. The molecule has 0 spiro atoms. The molecule has 0 aromatic carbocycles. The molecule has 0 rings (SSSR count). The first kappa shape index (κ1) is 9.97. The van der Waals surface area contributed by atoms with Crippen LogP contribution in [-0.4, -0.2) is 16.7 Å². The summed E-state index contributed by atoms with van der Waals surface area (Å²) < 4.78 is 5.28. The van der Waals surface area contributed by atoms with Crippen LogP contribution in [0.2, 0.25) is 12.1 Å². The van der Waals surface area contributed by atoms with E-state index in [-0.39, 0.29) is 0 Å². The molecule has 0 atom stereocenters. The molecular formula is C4H10Cl2OSi2. The van der Waals surface area contributed by atoms with Gasteiger partial charge in [0.05, 0.1) is 0 Å². The van der Waals surface area contributed by atoms with Crippen molar-refractivity contribution < 1.29 is 4.12 Å². The normalized spacial score (nSPS) is 11.3. The van der Waals surface area contributed by atoms with E-state index in [1.54, 1.807) is 0 Å². The van der Waals surface area contributed by atoms with Gasteiger partial charge < -0.3 is 4.12 Å². The zero-order valence-corrected chi connectivity index (χ0v) is 9.09. The summed E-state index contributed by atoms with van der Waals surface area (Å²) in [5, 5.41) is 0. The molecule has 0 aliphatic heterocycles. The van der Waals surface area contributed by atoms with Crippen LogP contribution in [0.15, 0.2) is 0 Å². The molecule has 0 aromatic heterocycles. The first-order valence-electron chi connectivity index (χ1n) is 2.91. The molecule has 2 radical (unpaired) electrons. The van der Waals surface area contributed by atoms with Gasteiger partial charge in [-0.2, -0.15) is 0 Å². The van der Waals surface area contributed by atoms with Crippen molar-refractivity contribution >= 4 is 38.9 Å². The third kappa shape index (κ3) is 5.42. The summed E-state index contributed by atoms with van der Waals surface area (Å²) in [4.78, 5) is 0. The molecule has 54 valence electrons. The predicted molar refractivity (Wildman–Crippen MR) is 45.3 cm³/mol. The Kier molecular flexibility index (Phi) is 6.36. The average molecular weight is 201 g/mol. The summed E-state index contributed by atoms with van der Waals surface area (Å²) in [6, 6.07) is 1.85. The molecule has 0 N–H and O–H groups in total. The molecule has 0 saturated heterocycles. The summed E-state index contributed by atoms with van der Waals surface area (Å²) in [6.07, 6.45) is 0. The number of hydrogen-bond acceptors (Lipinski definition) is 1. The average Bonchev–Trinajstić information content (AvgIpc) is 1.87. The zero-order valence-electron chi connectivity index (χ0n) is 5.58. The lowest BCUT2D eigenvalue weighted by Crippen LogP contribution is -2.18. The first-order chi connectivity index (χ1) is 4.20. The fourth-order valence-corrected chi connectivity index (χ4v) is 4.41. The van der Waals surface area contributed by atoms with Crippen molar-refractivity contribution in [2.75, 3.05) is 0 Å². The van der Waals surface area contributed by atoms with Crippen LogP contribution < -0.4 is 0 Å². The van der Waals surface area contributed by atoms with E-state index in [0.29, 0.717) is 0 Å². The van der Waals surface area contributed by atoms with E-state index < -0.39 is 16.7 Å². The van der Waals surface area contributed by atoms with Gasteiger partial charge in [-0.05, 0) is 12.1 Å². The highest BCUT2D eigenvalue weighted by Gasteiger charge is 2.13. The van der Waals surface area contributed by atoms with Gasteiger partial charge in [-0.3, -0.25) is 0 Å². The van der Waals surface area contributed by atoms with Gasteiger partial charge in [0.2, 0.25) is 0 Å². The molecule has 5 heteroatoms. The molecular weight excluding hydrogens is 191 g/mol. The molecule has 0 aliphatic carbocycles. The lowest BCUT2D eigenvalue weighted by Gasteiger charge is -2.07. The van der Waals surface area contributed by atoms with Crippen molar-refractivity contribution in [1.82, 2.24) is 0 Å². The third-order valence-corrected chi connectivity index (χ3v) is 6.65. The van der Waals surface area contributed by atoms with E-state index in [4.69, 9.17) is 26.3 Å². The third-order valence-electron chi connectivity index (χ3n) is 0.777. The van der Waals surface area contributed by atoms with E-state index >= 15 is 0 Å². The van der Waals surface area contributed by atoms with Crippen LogP contribution in [0, 0.1) is 0 Å². The Morgan fingerprint density at radius 2 is 1.44 bits per heavy atom. The quantitative estimate of drug-likeness (QED) is 0.501. The van der Waals surface area contributed by atoms with E-state index in [2.05, 4.69) is 0 Å². The van der Waals surface area contributed by atoms with Gasteiger partial charge in [0, 0.05) is 0 Å². The van der Waals surface area contributed by atoms with Crippen LogP contribution in [0.5, 0.6) is 0 Å². The van der Waals surface area contributed by atoms with Crippen molar-refractivity contribution in [2.45, 2.75) is 25.9 Å². The van der Waals surface area contributed by atoms with Gasteiger partial charge >= 0.3 is 16.7 Å². The topological polar surface area (TPSA) is 9.23 Å². The van der Waals surface area contributed by atoms with Crippen molar-refractivity contribution in [3.05, 3.63) is 0 Å². The maximum absolute atomic E-state index is 5.76. The van der Waals surface area contributed by atoms with E-state index in [1.807, 2.05) is 13.8 Å². The summed E-state index contributed by atoms with van der Waals surface area (Å²) in [5.41, 5.74) is 0. The van der Waals surface area contributed by atoms with Gasteiger partial charge in [0.1, 0.15) is 0 Å². The molecule has 0 aromatic rings. The fraction of sp³-hybridized carbons (Fsp3) is 1.00. The SMILES string of the molecule is CC[Si](Cl)O[Si](Cl)CC. The van der Waals surface area contributed by atoms with Crippen molar-refractivity contribution in [3.8, 4) is 0 Å². The van der Waals surface area contributed by atoms with Crippen molar-refractivity contribution in [2.24, 2.45) is 0 Å². The van der Waals surface area contributed by atoms with Crippen LogP contribution in [0.1, 0.15) is 13.8 Å². The van der Waals surface area contributed by atoms with Gasteiger partial charge in [0.15, 0.2) is 0 Å². The molecule has 0 fully saturated rings. The Morgan fingerprint density at radius 3 is 1.67 bits per heavy atom. The van der Waals surface area contributed by atoms with Crippen LogP contribution >= 0.6 is 22.2 Å². The van der Waals surface area contributed by atoms with Crippen molar-refractivity contribution in [1.29, 1.82) is 0 Å². The van der Waals surface area contributed by atoms with Gasteiger partial charge in [-0.15, -0.1) is 22.2 Å². The fourth-order valence-electron chi connectivity index (χ4n) is 0.265. The van der Waals surface area contributed by atoms with E-state index in [0.717, 1.165) is 12.1 Å². The van der Waals surface area contributed by atoms with E-state index in [1.165, 1.54) is 0 Å². The Morgan fingerprint density at radius 1 is 1.11 bits per heavy atom. The van der Waals surface area contributed by atoms with Gasteiger partial charge in [0.25, 0.3) is 0 Å². The molecule has 1 nitrogen and oxygen atoms in total. The van der Waals surface area contributed by atoms with Crippen LogP contribution in [-0.2, 0) is 4.12 Å². The lowest BCUT2D eigenvalue weighted by atomic mass is 11.0. The maximum Gasteiger partial charge on any atom is 0.312 e. The summed E-state index contributed by atoms with van der Waals surface area (Å²) in [5.74, 6) is 0. The predicted octanol–water partition coefficient (Wildman–Crippen LogP) is 2.50. The van der Waals surface area contributed by atoms with Gasteiger partial charge in [-0.1, -0.05) is 13.8 Å². The minimum absolute atomic E-state index is 0.924. The Labute approximate surface area is 69.2 Å². The maximum atomic E-state index is 5.76. The summed E-state index contributed by atoms with van der Waals surface area (Å²) in [6.45, 7) is 4.03. The first-order valence-corrected chi connectivity index (χ1v) is 8.16. The van der Waals surface area contributed by atoms with Crippen molar-refractivity contribution in [3.63, 3.8) is 0 Å². The summed E-state index contributed by atoms with van der Waals surface area (Å²) >= 11 is 11.5. The number of rotatable bonds is 4. The molecule has 9 heavy (non-hydrogen) atoms. The smallest absolute Gasteiger partial charge is 0.312 e. The number of hydrogen-bond donors (Lipinski definition) is 0. The monoisotopic (exact) mass is 200 g/mol. The van der Waals surface area contributed by atoms with Crippen LogP contribution in [0.4, 0.5) is 0 Å². The second-order valence-corrected chi connectivity index (χ2v) is 7.70. The zero-order chi connectivity index (χ0) is 7.28. The highest BCUT2D eigenvalue weighted by Crippen LogP contribution is 2.06. The van der Waals surface area contributed by atoms with Crippen LogP contribution in [0.25, 0.3) is 0 Å². The molecule has 0 bridgehead atoms. The van der Waals surface area contributed by atoms with E-state index in [9.17, 15) is 0 Å². The minimum atomic E-state index is -1.05. The minimum Gasteiger partial charge on any atom is -0.432 e. The second kappa shape index (κ2) is 5.74. The highest BCUT2D eigenvalue weighted by atomic mass is 35.6. The molecule has 0 amide bonds. The Bertz CT molecular complexity index is 65.6. The standard InChI is InChI=1S/C4H10Cl2OSi2/c1-3-8(5)7-9(6)4-2/h3-4H2,1-2H3. The molecule has 0 aliphatic rings. The highest BCUT2D eigenvalue weighted by molar-refractivity contribution is 7.12. The summed E-state index contributed by atoms with van der Waals surface area (Å²) in [7, 11) is -2.11. The molecule has 0 unspecified atom stereocenters. The Balaban J connectivity index is 3.22. The van der Waals surface area contributed by atoms with Crippen LogP contribution in [0.3, 0.4) is 0 Å². The largest absolute Gasteiger partial charge is 0.432 e. The second-order valence-electron chi connectivity index (χ2n) is 1.52. The number of halogens is 2. The Hall–Kier alpha value is 0.974.